The first-order valence-electron chi connectivity index (χ1n) is 4.79. The molecule has 0 rings (SSSR count). The van der Waals surface area contributed by atoms with Crippen LogP contribution in [-0.4, -0.2) is 42.6 Å². The van der Waals surface area contributed by atoms with Gasteiger partial charge in [-0.05, 0) is 23.8 Å². The molecule has 0 aromatic rings. The molecule has 0 aliphatic carbocycles. The highest BCUT2D eigenvalue weighted by molar-refractivity contribution is 7.99. The Morgan fingerprint density at radius 2 is 2.07 bits per heavy atom. The van der Waals surface area contributed by atoms with Crippen molar-refractivity contribution in [2.45, 2.75) is 19.5 Å². The number of aliphatic hydroxyl groups is 1. The molecule has 0 radical (unpaired) electrons. The summed E-state index contributed by atoms with van der Waals surface area (Å²) >= 11 is 1.62. The number of hydrogen-bond acceptors (Lipinski definition) is 3. The maximum atomic E-state index is 11.6. The van der Waals surface area contributed by atoms with Gasteiger partial charge in [0, 0.05) is 13.2 Å². The molecular formula is C9H17F3O2S. The van der Waals surface area contributed by atoms with Gasteiger partial charge in [0.05, 0.1) is 0 Å². The van der Waals surface area contributed by atoms with E-state index in [-0.39, 0.29) is 19.1 Å². The summed E-state index contributed by atoms with van der Waals surface area (Å²) in [5, 5.41) is 8.70. The van der Waals surface area contributed by atoms with Crippen LogP contribution in [0.5, 0.6) is 0 Å². The lowest BCUT2D eigenvalue weighted by Gasteiger charge is -2.08. The predicted octanol–water partition coefficient (Wildman–Crippen LogP) is 2.32. The Morgan fingerprint density at radius 3 is 2.60 bits per heavy atom. The lowest BCUT2D eigenvalue weighted by atomic mass is 10.2. The van der Waals surface area contributed by atoms with Crippen molar-refractivity contribution in [3.63, 3.8) is 0 Å². The second-order valence-electron chi connectivity index (χ2n) is 3.38. The van der Waals surface area contributed by atoms with E-state index in [2.05, 4.69) is 4.74 Å². The molecule has 0 amide bonds. The number of ether oxygens (including phenoxy) is 1. The Labute approximate surface area is 92.2 Å². The van der Waals surface area contributed by atoms with Gasteiger partial charge in [-0.2, -0.15) is 24.9 Å². The van der Waals surface area contributed by atoms with Gasteiger partial charge in [-0.15, -0.1) is 0 Å². The van der Waals surface area contributed by atoms with Crippen LogP contribution in [0, 0.1) is 5.92 Å². The first-order chi connectivity index (χ1) is 6.95. The fourth-order valence-corrected chi connectivity index (χ4v) is 1.78. The Hall–Kier alpha value is 0.0600. The highest BCUT2D eigenvalue weighted by Gasteiger charge is 2.27. The number of halogens is 3. The van der Waals surface area contributed by atoms with Crippen molar-refractivity contribution in [2.75, 3.05) is 31.3 Å². The minimum atomic E-state index is -4.22. The number of hydrogen-bond donors (Lipinski definition) is 1. The van der Waals surface area contributed by atoms with E-state index in [1.807, 2.05) is 6.92 Å². The molecule has 0 aliphatic heterocycles. The molecule has 1 unspecified atom stereocenters. The number of alkyl halides is 3. The lowest BCUT2D eigenvalue weighted by molar-refractivity contribution is -0.173. The molecule has 15 heavy (non-hydrogen) atoms. The van der Waals surface area contributed by atoms with Gasteiger partial charge >= 0.3 is 6.18 Å². The van der Waals surface area contributed by atoms with Gasteiger partial charge in [0.15, 0.2) is 0 Å². The van der Waals surface area contributed by atoms with E-state index in [0.717, 1.165) is 11.5 Å². The molecule has 6 heteroatoms. The van der Waals surface area contributed by atoms with Crippen LogP contribution in [0.25, 0.3) is 0 Å². The topological polar surface area (TPSA) is 29.5 Å². The predicted molar refractivity (Wildman–Crippen MR) is 55.1 cm³/mol. The van der Waals surface area contributed by atoms with Gasteiger partial charge in [0.1, 0.15) is 6.61 Å². The largest absolute Gasteiger partial charge is 0.411 e. The number of thioether (sulfide) groups is 1. The minimum Gasteiger partial charge on any atom is -0.396 e. The van der Waals surface area contributed by atoms with Crippen molar-refractivity contribution in [2.24, 2.45) is 5.92 Å². The summed E-state index contributed by atoms with van der Waals surface area (Å²) in [6, 6.07) is 0. The molecule has 0 aromatic heterocycles. The van der Waals surface area contributed by atoms with E-state index < -0.39 is 12.8 Å². The van der Waals surface area contributed by atoms with Gasteiger partial charge in [-0.1, -0.05) is 6.92 Å². The molecule has 0 bridgehead atoms. The van der Waals surface area contributed by atoms with E-state index in [1.165, 1.54) is 0 Å². The van der Waals surface area contributed by atoms with Crippen molar-refractivity contribution >= 4 is 11.8 Å². The average Bonchev–Trinajstić information content (AvgIpc) is 2.14. The third-order valence-corrected chi connectivity index (χ3v) is 2.94. The normalized spacial score (nSPS) is 14.2. The zero-order valence-electron chi connectivity index (χ0n) is 8.72. The number of aliphatic hydroxyl groups excluding tert-OH is 1. The van der Waals surface area contributed by atoms with Crippen LogP contribution in [0.2, 0.25) is 0 Å². The van der Waals surface area contributed by atoms with Crippen LogP contribution in [0.15, 0.2) is 0 Å². The van der Waals surface area contributed by atoms with Crippen LogP contribution in [0.4, 0.5) is 13.2 Å². The summed E-state index contributed by atoms with van der Waals surface area (Å²) in [6.45, 7) is 1.05. The quantitative estimate of drug-likeness (QED) is 0.666. The fraction of sp³-hybridized carbons (Fsp3) is 1.00. The van der Waals surface area contributed by atoms with Crippen molar-refractivity contribution in [3.05, 3.63) is 0 Å². The molecule has 0 saturated carbocycles. The molecule has 0 saturated heterocycles. The summed E-state index contributed by atoms with van der Waals surface area (Å²) in [5.74, 6) is 1.84. The molecule has 92 valence electrons. The van der Waals surface area contributed by atoms with Gasteiger partial charge in [-0.25, -0.2) is 0 Å². The third kappa shape index (κ3) is 12.0. The molecule has 1 N–H and O–H groups in total. The first kappa shape index (κ1) is 15.1. The monoisotopic (exact) mass is 246 g/mol. The molecule has 0 heterocycles. The van der Waals surface area contributed by atoms with Crippen LogP contribution in [-0.2, 0) is 4.74 Å². The highest BCUT2D eigenvalue weighted by Crippen LogP contribution is 2.15. The summed E-state index contributed by atoms with van der Waals surface area (Å²) in [4.78, 5) is 0. The standard InChI is InChI=1S/C9H17F3O2S/c1-8(5-13)6-15-4-2-3-14-7-9(10,11)12/h8,13H,2-7H2,1H3. The van der Waals surface area contributed by atoms with Crippen molar-refractivity contribution < 1.29 is 23.0 Å². The smallest absolute Gasteiger partial charge is 0.396 e. The highest BCUT2D eigenvalue weighted by atomic mass is 32.2. The second-order valence-corrected chi connectivity index (χ2v) is 4.53. The molecule has 0 fully saturated rings. The summed E-state index contributed by atoms with van der Waals surface area (Å²) in [6.07, 6.45) is -3.61. The fourth-order valence-electron chi connectivity index (χ4n) is 0.788. The second kappa shape index (κ2) is 8.24. The molecule has 1 atom stereocenters. The van der Waals surface area contributed by atoms with E-state index in [0.29, 0.717) is 6.42 Å². The average molecular weight is 246 g/mol. The molecule has 0 aromatic carbocycles. The minimum absolute atomic E-state index is 0.139. The summed E-state index contributed by atoms with van der Waals surface area (Å²) in [5.41, 5.74) is 0. The van der Waals surface area contributed by atoms with Gasteiger partial charge < -0.3 is 9.84 Å². The van der Waals surface area contributed by atoms with Crippen LogP contribution < -0.4 is 0 Å². The zero-order chi connectivity index (χ0) is 11.7. The van der Waals surface area contributed by atoms with Crippen LogP contribution >= 0.6 is 11.8 Å². The molecular weight excluding hydrogens is 229 g/mol. The summed E-state index contributed by atoms with van der Waals surface area (Å²) in [7, 11) is 0. The first-order valence-corrected chi connectivity index (χ1v) is 5.94. The van der Waals surface area contributed by atoms with Crippen molar-refractivity contribution in [1.29, 1.82) is 0 Å². The van der Waals surface area contributed by atoms with Crippen LogP contribution in [0.1, 0.15) is 13.3 Å². The third-order valence-electron chi connectivity index (χ3n) is 1.56. The van der Waals surface area contributed by atoms with E-state index in [9.17, 15) is 13.2 Å². The van der Waals surface area contributed by atoms with Gasteiger partial charge in [0.2, 0.25) is 0 Å². The van der Waals surface area contributed by atoms with Crippen molar-refractivity contribution in [1.82, 2.24) is 0 Å². The van der Waals surface area contributed by atoms with E-state index in [1.54, 1.807) is 11.8 Å². The Kier molecular flexibility index (Phi) is 8.27. The van der Waals surface area contributed by atoms with Gasteiger partial charge in [0.25, 0.3) is 0 Å². The van der Waals surface area contributed by atoms with E-state index >= 15 is 0 Å². The van der Waals surface area contributed by atoms with Crippen LogP contribution in [0.3, 0.4) is 0 Å². The zero-order valence-corrected chi connectivity index (χ0v) is 9.53. The Balaban J connectivity index is 3.12. The maximum absolute atomic E-state index is 11.6. The number of rotatable bonds is 8. The Morgan fingerprint density at radius 1 is 1.40 bits per heavy atom. The molecule has 2 nitrogen and oxygen atoms in total. The molecule has 0 aliphatic rings. The van der Waals surface area contributed by atoms with Crippen molar-refractivity contribution in [3.8, 4) is 0 Å². The molecule has 0 spiro atoms. The van der Waals surface area contributed by atoms with E-state index in [4.69, 9.17) is 5.11 Å². The maximum Gasteiger partial charge on any atom is 0.411 e. The lowest BCUT2D eigenvalue weighted by Crippen LogP contribution is -2.17. The summed E-state index contributed by atoms with van der Waals surface area (Å²) < 4.78 is 39.3. The Bertz CT molecular complexity index is 153. The SMILES string of the molecule is CC(CO)CSCCCOCC(F)(F)F. The van der Waals surface area contributed by atoms with Gasteiger partial charge in [-0.3, -0.25) is 0 Å².